The molecule has 3 fully saturated rings. The van der Waals surface area contributed by atoms with Crippen LogP contribution in [0.4, 0.5) is 5.69 Å². The minimum atomic E-state index is -0.283. The third kappa shape index (κ3) is 1.99. The van der Waals surface area contributed by atoms with Crippen LogP contribution in [0.2, 0.25) is 0 Å². The topological polar surface area (TPSA) is 55.4 Å². The van der Waals surface area contributed by atoms with Crippen molar-refractivity contribution >= 4 is 49.4 Å². The summed E-state index contributed by atoms with van der Waals surface area (Å²) in [5, 5.41) is 2.93. The summed E-state index contributed by atoms with van der Waals surface area (Å²) in [5.74, 6) is -0.431. The number of halogens is 2. The molecule has 2 aliphatic carbocycles. The van der Waals surface area contributed by atoms with Crippen LogP contribution in [0.5, 0.6) is 0 Å². The summed E-state index contributed by atoms with van der Waals surface area (Å²) in [7, 11) is 0. The lowest BCUT2D eigenvalue weighted by Crippen LogP contribution is -2.40. The number of amides is 1. The minimum absolute atomic E-state index is 0.0377. The van der Waals surface area contributed by atoms with Crippen LogP contribution in [0.15, 0.2) is 28.7 Å². The zero-order valence-electron chi connectivity index (χ0n) is 11.0. The first-order valence-electron chi connectivity index (χ1n) is 6.97. The maximum atomic E-state index is 12.6. The minimum Gasteiger partial charge on any atom is -0.461 e. The highest BCUT2D eigenvalue weighted by Gasteiger charge is 2.67. The Morgan fingerprint density at radius 2 is 1.95 bits per heavy atom. The van der Waals surface area contributed by atoms with Crippen LogP contribution in [0.25, 0.3) is 0 Å². The molecule has 1 N–H and O–H groups in total. The molecule has 4 nitrogen and oxygen atoms in total. The summed E-state index contributed by atoms with van der Waals surface area (Å²) < 4.78 is 6.39. The van der Waals surface area contributed by atoms with Gasteiger partial charge in [0.15, 0.2) is 0 Å². The van der Waals surface area contributed by atoms with E-state index in [4.69, 9.17) is 4.74 Å². The summed E-state index contributed by atoms with van der Waals surface area (Å²) in [6.45, 7) is 0. The number of alkyl halides is 1. The molecule has 3 aliphatic rings. The number of benzene rings is 1. The van der Waals surface area contributed by atoms with Crippen LogP contribution in [0.3, 0.4) is 0 Å². The number of ether oxygens (including phenoxy) is 1. The largest absolute Gasteiger partial charge is 0.461 e. The Hall–Kier alpha value is -0.880. The fourth-order valence-electron chi connectivity index (χ4n) is 4.09. The van der Waals surface area contributed by atoms with E-state index in [0.717, 1.165) is 16.6 Å². The lowest BCUT2D eigenvalue weighted by molar-refractivity contribution is -0.145. The monoisotopic (exact) mass is 413 g/mol. The second-order valence-electron chi connectivity index (χ2n) is 5.96. The normalized spacial score (nSPS) is 39.4. The first-order chi connectivity index (χ1) is 10.1. The van der Waals surface area contributed by atoms with Crippen LogP contribution < -0.4 is 5.32 Å². The van der Waals surface area contributed by atoms with Crippen molar-refractivity contribution in [1.29, 1.82) is 0 Å². The third-order valence-corrected chi connectivity index (χ3v) is 6.67. The first-order valence-corrected chi connectivity index (χ1v) is 8.68. The Balaban J connectivity index is 1.57. The molecule has 110 valence electrons. The van der Waals surface area contributed by atoms with Gasteiger partial charge >= 0.3 is 5.97 Å². The average Bonchev–Trinajstić information content (AvgIpc) is 3.05. The SMILES string of the molecule is O=C(Nc1ccc(Br)cc1)[C@H]1[C@@H]2C[C@H]3[C@H](OC(=O)[C@@H]31)[C@@H]2Br. The molecule has 1 aromatic rings. The molecule has 0 spiro atoms. The van der Waals surface area contributed by atoms with E-state index in [1.54, 1.807) is 0 Å². The van der Waals surface area contributed by atoms with Gasteiger partial charge in [0.05, 0.1) is 16.7 Å². The number of hydrogen-bond donors (Lipinski definition) is 1. The van der Waals surface area contributed by atoms with Crippen molar-refractivity contribution in [3.05, 3.63) is 28.7 Å². The number of rotatable bonds is 2. The standard InChI is InChI=1S/C15H13Br2NO3/c16-6-1-3-7(4-2-6)18-14(19)10-8-5-9-11(10)15(20)21-13(9)12(8)17/h1-4,8-13H,5H2,(H,18,19)/t8-,9+,10-,11-,12+,13-/m0/s1. The number of carbonyl (C=O) groups excluding carboxylic acids is 2. The number of fused-ring (bicyclic) bond motifs is 1. The number of esters is 1. The van der Waals surface area contributed by atoms with E-state index in [0.29, 0.717) is 0 Å². The zero-order chi connectivity index (χ0) is 14.7. The molecule has 0 unspecified atom stereocenters. The van der Waals surface area contributed by atoms with E-state index in [-0.39, 0.29) is 46.5 Å². The number of carbonyl (C=O) groups is 2. The molecule has 1 saturated heterocycles. The van der Waals surface area contributed by atoms with Crippen molar-refractivity contribution in [3.8, 4) is 0 Å². The molecule has 21 heavy (non-hydrogen) atoms. The molecule has 1 amide bonds. The predicted octanol–water partition coefficient (Wildman–Crippen LogP) is 2.96. The van der Waals surface area contributed by atoms with Crippen molar-refractivity contribution in [2.45, 2.75) is 17.4 Å². The van der Waals surface area contributed by atoms with Crippen LogP contribution in [0.1, 0.15) is 6.42 Å². The van der Waals surface area contributed by atoms with Crippen molar-refractivity contribution in [2.75, 3.05) is 5.32 Å². The molecule has 6 heteroatoms. The summed E-state index contributed by atoms with van der Waals surface area (Å²) in [6.07, 6.45) is 0.860. The highest BCUT2D eigenvalue weighted by atomic mass is 79.9. The molecule has 0 aromatic heterocycles. The Labute approximate surface area is 138 Å². The van der Waals surface area contributed by atoms with E-state index in [2.05, 4.69) is 37.2 Å². The van der Waals surface area contributed by atoms with Crippen LogP contribution >= 0.6 is 31.9 Å². The number of nitrogens with one attached hydrogen (secondary N) is 1. The van der Waals surface area contributed by atoms with Gasteiger partial charge in [0.1, 0.15) is 6.10 Å². The van der Waals surface area contributed by atoms with Gasteiger partial charge in [-0.2, -0.15) is 0 Å². The smallest absolute Gasteiger partial charge is 0.310 e. The highest BCUT2D eigenvalue weighted by Crippen LogP contribution is 2.60. The van der Waals surface area contributed by atoms with E-state index in [1.165, 1.54) is 0 Å². The maximum absolute atomic E-state index is 12.6. The molecule has 4 rings (SSSR count). The van der Waals surface area contributed by atoms with Crippen molar-refractivity contribution in [1.82, 2.24) is 0 Å². The fourth-order valence-corrected chi connectivity index (χ4v) is 5.40. The molecule has 0 radical (unpaired) electrons. The third-order valence-electron chi connectivity index (χ3n) is 4.94. The molecule has 2 bridgehead atoms. The second kappa shape index (κ2) is 4.81. The van der Waals surface area contributed by atoms with Gasteiger partial charge in [0, 0.05) is 16.1 Å². The Bertz CT molecular complexity index is 618. The quantitative estimate of drug-likeness (QED) is 0.597. The zero-order valence-corrected chi connectivity index (χ0v) is 14.1. The fraction of sp³-hybridized carbons (Fsp3) is 0.467. The van der Waals surface area contributed by atoms with Crippen LogP contribution in [-0.2, 0) is 14.3 Å². The Morgan fingerprint density at radius 3 is 2.67 bits per heavy atom. The molecule has 1 aliphatic heterocycles. The van der Waals surface area contributed by atoms with Gasteiger partial charge in [-0.15, -0.1) is 0 Å². The van der Waals surface area contributed by atoms with E-state index in [9.17, 15) is 9.59 Å². The van der Waals surface area contributed by atoms with Gasteiger partial charge < -0.3 is 10.1 Å². The van der Waals surface area contributed by atoms with Gasteiger partial charge in [-0.05, 0) is 36.6 Å². The van der Waals surface area contributed by atoms with E-state index >= 15 is 0 Å². The molecule has 6 atom stereocenters. The molecule has 1 aromatic carbocycles. The lowest BCUT2D eigenvalue weighted by Gasteiger charge is -2.27. The summed E-state index contributed by atoms with van der Waals surface area (Å²) in [5.41, 5.74) is 0.750. The average molecular weight is 415 g/mol. The second-order valence-corrected chi connectivity index (χ2v) is 7.93. The van der Waals surface area contributed by atoms with Gasteiger partial charge in [0.25, 0.3) is 0 Å². The molecular weight excluding hydrogens is 402 g/mol. The number of hydrogen-bond acceptors (Lipinski definition) is 3. The van der Waals surface area contributed by atoms with E-state index < -0.39 is 0 Å². The van der Waals surface area contributed by atoms with Crippen LogP contribution in [-0.4, -0.2) is 22.8 Å². The molecular formula is C15H13Br2NO3. The van der Waals surface area contributed by atoms with Gasteiger partial charge in [-0.3, -0.25) is 9.59 Å². The number of anilines is 1. The van der Waals surface area contributed by atoms with E-state index in [1.807, 2.05) is 24.3 Å². The molecule has 1 heterocycles. The summed E-state index contributed by atoms with van der Waals surface area (Å²) in [4.78, 5) is 24.7. The van der Waals surface area contributed by atoms with Gasteiger partial charge in [-0.25, -0.2) is 0 Å². The lowest BCUT2D eigenvalue weighted by atomic mass is 9.79. The maximum Gasteiger partial charge on any atom is 0.310 e. The first kappa shape index (κ1) is 13.8. The Kier molecular flexibility index (Phi) is 3.15. The van der Waals surface area contributed by atoms with Gasteiger partial charge in [0.2, 0.25) is 5.91 Å². The van der Waals surface area contributed by atoms with Crippen molar-refractivity contribution < 1.29 is 14.3 Å². The van der Waals surface area contributed by atoms with Crippen molar-refractivity contribution in [3.63, 3.8) is 0 Å². The summed E-state index contributed by atoms with van der Waals surface area (Å²) in [6, 6.07) is 7.44. The van der Waals surface area contributed by atoms with Crippen molar-refractivity contribution in [2.24, 2.45) is 23.7 Å². The highest BCUT2D eigenvalue weighted by molar-refractivity contribution is 9.10. The molecule has 2 saturated carbocycles. The predicted molar refractivity (Wildman–Crippen MR) is 83.9 cm³/mol. The van der Waals surface area contributed by atoms with Crippen LogP contribution in [0, 0.1) is 23.7 Å². The summed E-state index contributed by atoms with van der Waals surface area (Å²) >= 11 is 6.98. The Morgan fingerprint density at radius 1 is 1.24 bits per heavy atom. The van der Waals surface area contributed by atoms with Gasteiger partial charge in [-0.1, -0.05) is 31.9 Å².